The minimum Gasteiger partial charge on any atom is -0.380 e. The molecule has 3 nitrogen and oxygen atoms in total. The third-order valence-corrected chi connectivity index (χ3v) is 4.33. The predicted octanol–water partition coefficient (Wildman–Crippen LogP) is 4.74. The minimum absolute atomic E-state index is 0.284. The molecule has 2 N–H and O–H groups in total. The van der Waals surface area contributed by atoms with Gasteiger partial charge in [0.25, 0.3) is 0 Å². The van der Waals surface area contributed by atoms with Crippen LogP contribution in [0.25, 0.3) is 11.1 Å². The number of aromatic nitrogens is 1. The molecule has 0 bridgehead atoms. The zero-order chi connectivity index (χ0) is 13.6. The summed E-state index contributed by atoms with van der Waals surface area (Å²) in [4.78, 5) is 0. The standard InChI is InChI=1S/C14H14Cl2N2O/c1-7(8-5-6-8)13-12(14(17)18-19-13)11-9(15)3-2-4-10(11)16/h2-4,7-8H,5-6H2,1H3,(H2,17,18). The topological polar surface area (TPSA) is 52.0 Å². The number of nitrogens with two attached hydrogens (primary N) is 1. The summed E-state index contributed by atoms with van der Waals surface area (Å²) in [7, 11) is 0. The van der Waals surface area contributed by atoms with Crippen LogP contribution in [0.1, 0.15) is 31.4 Å². The number of halogens is 2. The number of hydrogen-bond acceptors (Lipinski definition) is 3. The Hall–Kier alpha value is -1.19. The average molecular weight is 297 g/mol. The smallest absolute Gasteiger partial charge is 0.175 e. The molecule has 19 heavy (non-hydrogen) atoms. The van der Waals surface area contributed by atoms with Gasteiger partial charge in [-0.1, -0.05) is 41.3 Å². The van der Waals surface area contributed by atoms with Gasteiger partial charge in [0.2, 0.25) is 0 Å². The fraction of sp³-hybridized carbons (Fsp3) is 0.357. The van der Waals surface area contributed by atoms with E-state index in [0.29, 0.717) is 27.3 Å². The molecule has 100 valence electrons. The van der Waals surface area contributed by atoms with Gasteiger partial charge in [-0.25, -0.2) is 0 Å². The number of benzene rings is 1. The van der Waals surface area contributed by atoms with Gasteiger partial charge in [0.15, 0.2) is 5.82 Å². The van der Waals surface area contributed by atoms with Gasteiger partial charge in [0.05, 0.1) is 15.6 Å². The lowest BCUT2D eigenvalue weighted by molar-refractivity contribution is 0.358. The summed E-state index contributed by atoms with van der Waals surface area (Å²) in [5.74, 6) is 2.06. The fourth-order valence-electron chi connectivity index (χ4n) is 2.42. The summed E-state index contributed by atoms with van der Waals surface area (Å²) in [5.41, 5.74) is 7.41. The maximum atomic E-state index is 6.26. The second-order valence-electron chi connectivity index (χ2n) is 5.03. The molecule has 1 unspecified atom stereocenters. The Balaban J connectivity index is 2.16. The fourth-order valence-corrected chi connectivity index (χ4v) is 3.01. The van der Waals surface area contributed by atoms with E-state index < -0.39 is 0 Å². The quantitative estimate of drug-likeness (QED) is 0.889. The van der Waals surface area contributed by atoms with Gasteiger partial charge in [-0.2, -0.15) is 0 Å². The van der Waals surface area contributed by atoms with Crippen LogP contribution in [0.4, 0.5) is 5.82 Å². The highest BCUT2D eigenvalue weighted by atomic mass is 35.5. The predicted molar refractivity (Wildman–Crippen MR) is 77.5 cm³/mol. The van der Waals surface area contributed by atoms with Gasteiger partial charge in [-0.15, -0.1) is 0 Å². The van der Waals surface area contributed by atoms with Gasteiger partial charge in [-0.3, -0.25) is 0 Å². The summed E-state index contributed by atoms with van der Waals surface area (Å²) in [6, 6.07) is 5.39. The highest BCUT2D eigenvalue weighted by molar-refractivity contribution is 6.39. The molecule has 0 saturated heterocycles. The van der Waals surface area contributed by atoms with Crippen molar-refractivity contribution in [2.45, 2.75) is 25.7 Å². The zero-order valence-electron chi connectivity index (χ0n) is 10.5. The average Bonchev–Trinajstić information content (AvgIpc) is 3.14. The maximum absolute atomic E-state index is 6.26. The van der Waals surface area contributed by atoms with Gasteiger partial charge < -0.3 is 10.3 Å². The lowest BCUT2D eigenvalue weighted by Crippen LogP contribution is -1.98. The van der Waals surface area contributed by atoms with Crippen molar-refractivity contribution < 1.29 is 4.52 Å². The summed E-state index contributed by atoms with van der Waals surface area (Å²) in [6.07, 6.45) is 2.44. The molecule has 5 heteroatoms. The number of nitrogen functional groups attached to an aromatic ring is 1. The number of anilines is 1. The Labute approximate surface area is 121 Å². The summed E-state index contributed by atoms with van der Waals surface area (Å²) >= 11 is 12.5. The first-order valence-corrected chi connectivity index (χ1v) is 7.04. The van der Waals surface area contributed by atoms with Crippen molar-refractivity contribution in [2.24, 2.45) is 5.92 Å². The first-order valence-electron chi connectivity index (χ1n) is 6.29. The Bertz CT molecular complexity index is 600. The van der Waals surface area contributed by atoms with E-state index in [1.54, 1.807) is 12.1 Å². The molecule has 0 spiro atoms. The first kappa shape index (κ1) is 12.8. The summed E-state index contributed by atoms with van der Waals surface area (Å²) in [5, 5.41) is 5.02. The molecule has 1 aliphatic rings. The Kier molecular flexibility index (Phi) is 3.19. The highest BCUT2D eigenvalue weighted by Gasteiger charge is 2.34. The van der Waals surface area contributed by atoms with E-state index in [1.807, 2.05) is 6.07 Å². The molecule has 1 aromatic carbocycles. The molecule has 3 rings (SSSR count). The lowest BCUT2D eigenvalue weighted by atomic mass is 9.95. The molecule has 1 saturated carbocycles. The normalized spacial score (nSPS) is 16.6. The van der Waals surface area contributed by atoms with Crippen molar-refractivity contribution in [3.63, 3.8) is 0 Å². The van der Waals surface area contributed by atoms with E-state index in [-0.39, 0.29) is 5.92 Å². The molecule has 1 fully saturated rings. The second-order valence-corrected chi connectivity index (χ2v) is 5.84. The van der Waals surface area contributed by atoms with Crippen LogP contribution in [0.5, 0.6) is 0 Å². The number of hydrogen-bond donors (Lipinski definition) is 1. The van der Waals surface area contributed by atoms with Crippen LogP contribution in [0, 0.1) is 5.92 Å². The second kappa shape index (κ2) is 4.73. The summed E-state index contributed by atoms with van der Waals surface area (Å²) < 4.78 is 5.43. The number of rotatable bonds is 3. The van der Waals surface area contributed by atoms with E-state index >= 15 is 0 Å². The van der Waals surface area contributed by atoms with Crippen molar-refractivity contribution in [2.75, 3.05) is 5.73 Å². The van der Waals surface area contributed by atoms with E-state index in [1.165, 1.54) is 12.8 Å². The molecular formula is C14H14Cl2N2O. The SMILES string of the molecule is CC(c1onc(N)c1-c1c(Cl)cccc1Cl)C1CC1. The van der Waals surface area contributed by atoms with E-state index in [4.69, 9.17) is 33.5 Å². The Morgan fingerprint density at radius 3 is 2.47 bits per heavy atom. The monoisotopic (exact) mass is 296 g/mol. The van der Waals surface area contributed by atoms with Crippen LogP contribution >= 0.6 is 23.2 Å². The van der Waals surface area contributed by atoms with Crippen LogP contribution in [0.3, 0.4) is 0 Å². The van der Waals surface area contributed by atoms with Crippen LogP contribution in [0.15, 0.2) is 22.7 Å². The third kappa shape index (κ3) is 2.21. The van der Waals surface area contributed by atoms with Crippen LogP contribution in [-0.2, 0) is 0 Å². The van der Waals surface area contributed by atoms with E-state index in [9.17, 15) is 0 Å². The van der Waals surface area contributed by atoms with Crippen molar-refractivity contribution >= 4 is 29.0 Å². The van der Waals surface area contributed by atoms with Gasteiger partial charge in [-0.05, 0) is 30.9 Å². The van der Waals surface area contributed by atoms with Crippen LogP contribution < -0.4 is 5.73 Å². The van der Waals surface area contributed by atoms with Crippen LogP contribution in [0.2, 0.25) is 10.0 Å². The molecule has 1 aliphatic carbocycles. The van der Waals surface area contributed by atoms with Crippen LogP contribution in [-0.4, -0.2) is 5.16 Å². The summed E-state index contributed by atoms with van der Waals surface area (Å²) in [6.45, 7) is 2.13. The lowest BCUT2D eigenvalue weighted by Gasteiger charge is -2.11. The van der Waals surface area contributed by atoms with E-state index in [2.05, 4.69) is 12.1 Å². The Morgan fingerprint density at radius 2 is 1.89 bits per heavy atom. The molecule has 1 aromatic heterocycles. The maximum Gasteiger partial charge on any atom is 0.175 e. The van der Waals surface area contributed by atoms with Crippen molar-refractivity contribution in [3.05, 3.63) is 34.0 Å². The van der Waals surface area contributed by atoms with Gasteiger partial charge in [0.1, 0.15) is 5.76 Å². The van der Waals surface area contributed by atoms with E-state index in [0.717, 1.165) is 11.3 Å². The van der Waals surface area contributed by atoms with Gasteiger partial charge >= 0.3 is 0 Å². The largest absolute Gasteiger partial charge is 0.380 e. The zero-order valence-corrected chi connectivity index (χ0v) is 12.0. The molecule has 0 radical (unpaired) electrons. The first-order chi connectivity index (χ1) is 9.09. The van der Waals surface area contributed by atoms with Crippen molar-refractivity contribution in [3.8, 4) is 11.1 Å². The molecule has 2 aromatic rings. The molecule has 0 amide bonds. The molecule has 1 atom stereocenters. The molecular weight excluding hydrogens is 283 g/mol. The van der Waals surface area contributed by atoms with Gasteiger partial charge in [0, 0.05) is 11.5 Å². The van der Waals surface area contributed by atoms with Crippen molar-refractivity contribution in [1.82, 2.24) is 5.16 Å². The van der Waals surface area contributed by atoms with Crippen molar-refractivity contribution in [1.29, 1.82) is 0 Å². The molecule has 1 heterocycles. The third-order valence-electron chi connectivity index (χ3n) is 3.70. The number of nitrogens with zero attached hydrogens (tertiary/aromatic N) is 1. The molecule has 0 aliphatic heterocycles. The minimum atomic E-state index is 0.284. The Morgan fingerprint density at radius 1 is 1.26 bits per heavy atom. The highest BCUT2D eigenvalue weighted by Crippen LogP contribution is 2.48.